The van der Waals surface area contributed by atoms with E-state index in [2.05, 4.69) is 24.0 Å². The van der Waals surface area contributed by atoms with Gasteiger partial charge >= 0.3 is 0 Å². The van der Waals surface area contributed by atoms with Crippen LogP contribution in [0.2, 0.25) is 0 Å². The van der Waals surface area contributed by atoms with Gasteiger partial charge in [0.2, 0.25) is 0 Å². The van der Waals surface area contributed by atoms with Gasteiger partial charge in [0.1, 0.15) is 0 Å². The van der Waals surface area contributed by atoms with Crippen molar-refractivity contribution in [3.8, 4) is 0 Å². The lowest BCUT2D eigenvalue weighted by Crippen LogP contribution is -2.22. The Morgan fingerprint density at radius 1 is 1.56 bits per heavy atom. The third-order valence-electron chi connectivity index (χ3n) is 1.76. The molecule has 0 bridgehead atoms. The van der Waals surface area contributed by atoms with Crippen LogP contribution in [0.25, 0.3) is 0 Å². The van der Waals surface area contributed by atoms with Gasteiger partial charge in [-0.1, -0.05) is 6.92 Å². The average molecular weight is 145 g/mol. The lowest BCUT2D eigenvalue weighted by Gasteiger charge is -2.11. The first kappa shape index (κ1) is 7.42. The zero-order valence-corrected chi connectivity index (χ0v) is 7.05. The van der Waals surface area contributed by atoms with Gasteiger partial charge in [0, 0.05) is 11.3 Å². The number of thioether (sulfide) groups is 1. The van der Waals surface area contributed by atoms with E-state index in [-0.39, 0.29) is 0 Å². The van der Waals surface area contributed by atoms with Crippen LogP contribution in [0.15, 0.2) is 0 Å². The second kappa shape index (κ2) is 2.93. The molecule has 0 unspecified atom stereocenters. The second-order valence-electron chi connectivity index (χ2n) is 2.65. The molecule has 1 aliphatic carbocycles. The van der Waals surface area contributed by atoms with E-state index in [1.54, 1.807) is 0 Å². The zero-order chi connectivity index (χ0) is 6.74. The zero-order valence-electron chi connectivity index (χ0n) is 6.24. The molecule has 54 valence electrons. The molecule has 2 heteroatoms. The Kier molecular flexibility index (Phi) is 2.42. The first-order valence-corrected chi connectivity index (χ1v) is 4.60. The molecule has 0 atom stereocenters. The fourth-order valence-electron chi connectivity index (χ4n) is 1.14. The van der Waals surface area contributed by atoms with Crippen molar-refractivity contribution >= 4 is 11.8 Å². The molecule has 0 saturated heterocycles. The summed E-state index contributed by atoms with van der Waals surface area (Å²) >= 11 is 2.11. The standard InChI is InChI=1S/C7H15NS/c1-3-9-7(4-5-7)6-8-2/h8H,3-6H2,1-2H3. The Balaban J connectivity index is 2.17. The molecular formula is C7H15NS. The summed E-state index contributed by atoms with van der Waals surface area (Å²) in [6.07, 6.45) is 2.85. The predicted octanol–water partition coefficient (Wildman–Crippen LogP) is 1.49. The first-order valence-electron chi connectivity index (χ1n) is 3.61. The minimum absolute atomic E-state index is 0.656. The van der Waals surface area contributed by atoms with Crippen molar-refractivity contribution in [3.63, 3.8) is 0 Å². The molecule has 1 aliphatic rings. The molecule has 1 rings (SSSR count). The highest BCUT2D eigenvalue weighted by molar-refractivity contribution is 8.00. The van der Waals surface area contributed by atoms with E-state index in [1.807, 2.05) is 7.05 Å². The number of hydrogen-bond donors (Lipinski definition) is 1. The quantitative estimate of drug-likeness (QED) is 0.643. The van der Waals surface area contributed by atoms with Crippen molar-refractivity contribution in [2.75, 3.05) is 19.3 Å². The van der Waals surface area contributed by atoms with Gasteiger partial charge in [-0.15, -0.1) is 0 Å². The summed E-state index contributed by atoms with van der Waals surface area (Å²) in [6, 6.07) is 0. The van der Waals surface area contributed by atoms with Gasteiger partial charge in [0.15, 0.2) is 0 Å². The molecule has 0 radical (unpaired) electrons. The van der Waals surface area contributed by atoms with Crippen LogP contribution < -0.4 is 5.32 Å². The summed E-state index contributed by atoms with van der Waals surface area (Å²) in [6.45, 7) is 3.44. The summed E-state index contributed by atoms with van der Waals surface area (Å²) in [7, 11) is 2.04. The van der Waals surface area contributed by atoms with Crippen molar-refractivity contribution in [1.82, 2.24) is 5.32 Å². The molecule has 1 N–H and O–H groups in total. The summed E-state index contributed by atoms with van der Waals surface area (Å²) in [5.41, 5.74) is 0. The maximum absolute atomic E-state index is 3.23. The highest BCUT2D eigenvalue weighted by Gasteiger charge is 2.41. The molecule has 0 aliphatic heterocycles. The van der Waals surface area contributed by atoms with Crippen LogP contribution in [0, 0.1) is 0 Å². The molecule has 9 heavy (non-hydrogen) atoms. The highest BCUT2D eigenvalue weighted by atomic mass is 32.2. The van der Waals surface area contributed by atoms with Crippen LogP contribution in [-0.2, 0) is 0 Å². The third kappa shape index (κ3) is 1.87. The van der Waals surface area contributed by atoms with Gasteiger partial charge in [-0.05, 0) is 25.6 Å². The number of rotatable bonds is 4. The van der Waals surface area contributed by atoms with Crippen molar-refractivity contribution in [2.45, 2.75) is 24.5 Å². The van der Waals surface area contributed by atoms with Crippen molar-refractivity contribution in [2.24, 2.45) is 0 Å². The lowest BCUT2D eigenvalue weighted by atomic mass is 10.4. The molecular weight excluding hydrogens is 130 g/mol. The van der Waals surface area contributed by atoms with Gasteiger partial charge in [-0.25, -0.2) is 0 Å². The van der Waals surface area contributed by atoms with Crippen LogP contribution >= 0.6 is 11.8 Å². The molecule has 1 saturated carbocycles. The highest BCUT2D eigenvalue weighted by Crippen LogP contribution is 2.47. The number of nitrogens with one attached hydrogen (secondary N) is 1. The Morgan fingerprint density at radius 3 is 2.56 bits per heavy atom. The summed E-state index contributed by atoms with van der Waals surface area (Å²) in [5.74, 6) is 1.27. The fourth-order valence-corrected chi connectivity index (χ4v) is 2.39. The van der Waals surface area contributed by atoms with E-state index in [0.29, 0.717) is 4.75 Å². The van der Waals surface area contributed by atoms with E-state index in [1.165, 1.54) is 25.1 Å². The number of hydrogen-bond acceptors (Lipinski definition) is 2. The Hall–Kier alpha value is 0.310. The Labute approximate surface area is 61.6 Å². The maximum atomic E-state index is 3.23. The SMILES string of the molecule is CCSC1(CNC)CC1. The van der Waals surface area contributed by atoms with Gasteiger partial charge in [0.05, 0.1) is 0 Å². The smallest absolute Gasteiger partial charge is 0.0285 e. The molecule has 0 amide bonds. The topological polar surface area (TPSA) is 12.0 Å². The van der Waals surface area contributed by atoms with Crippen molar-refractivity contribution < 1.29 is 0 Å². The van der Waals surface area contributed by atoms with E-state index in [9.17, 15) is 0 Å². The Morgan fingerprint density at radius 2 is 2.22 bits per heavy atom. The fraction of sp³-hybridized carbons (Fsp3) is 1.00. The van der Waals surface area contributed by atoms with Crippen LogP contribution in [0.1, 0.15) is 19.8 Å². The Bertz CT molecular complexity index is 80.9. The normalized spacial score (nSPS) is 22.0. The van der Waals surface area contributed by atoms with Crippen LogP contribution in [-0.4, -0.2) is 24.1 Å². The monoisotopic (exact) mass is 145 g/mol. The first-order chi connectivity index (χ1) is 4.33. The van der Waals surface area contributed by atoms with Crippen LogP contribution in [0.3, 0.4) is 0 Å². The van der Waals surface area contributed by atoms with Crippen LogP contribution in [0.4, 0.5) is 0 Å². The van der Waals surface area contributed by atoms with Crippen molar-refractivity contribution in [3.05, 3.63) is 0 Å². The maximum Gasteiger partial charge on any atom is 0.0285 e. The molecule has 0 aromatic rings. The molecule has 0 aromatic carbocycles. The second-order valence-corrected chi connectivity index (χ2v) is 4.38. The average Bonchev–Trinajstić information content (AvgIpc) is 2.51. The van der Waals surface area contributed by atoms with Crippen LogP contribution in [0.5, 0.6) is 0 Å². The minimum Gasteiger partial charge on any atom is -0.318 e. The van der Waals surface area contributed by atoms with E-state index >= 15 is 0 Å². The third-order valence-corrected chi connectivity index (χ3v) is 3.21. The van der Waals surface area contributed by atoms with E-state index in [4.69, 9.17) is 0 Å². The van der Waals surface area contributed by atoms with E-state index in [0.717, 1.165) is 0 Å². The summed E-state index contributed by atoms with van der Waals surface area (Å²) in [5, 5.41) is 3.23. The molecule has 0 spiro atoms. The van der Waals surface area contributed by atoms with E-state index < -0.39 is 0 Å². The molecule has 0 heterocycles. The predicted molar refractivity (Wildman–Crippen MR) is 44.0 cm³/mol. The summed E-state index contributed by atoms with van der Waals surface area (Å²) in [4.78, 5) is 0. The lowest BCUT2D eigenvalue weighted by molar-refractivity contribution is 0.752. The van der Waals surface area contributed by atoms with Crippen molar-refractivity contribution in [1.29, 1.82) is 0 Å². The minimum atomic E-state index is 0.656. The largest absolute Gasteiger partial charge is 0.318 e. The molecule has 0 aromatic heterocycles. The molecule has 1 fully saturated rings. The molecule has 1 nitrogen and oxygen atoms in total. The van der Waals surface area contributed by atoms with Gasteiger partial charge in [-0.3, -0.25) is 0 Å². The summed E-state index contributed by atoms with van der Waals surface area (Å²) < 4.78 is 0.656. The van der Waals surface area contributed by atoms with Gasteiger partial charge in [0.25, 0.3) is 0 Å². The van der Waals surface area contributed by atoms with Gasteiger partial charge in [-0.2, -0.15) is 11.8 Å². The van der Waals surface area contributed by atoms with Gasteiger partial charge < -0.3 is 5.32 Å².